The number of fused-ring (bicyclic) bond motifs is 1. The maximum absolute atomic E-state index is 13.0. The van der Waals surface area contributed by atoms with Crippen LogP contribution >= 0.6 is 15.9 Å². The molecule has 164 valence electrons. The second-order valence-electron chi connectivity index (χ2n) is 7.97. The summed E-state index contributed by atoms with van der Waals surface area (Å²) in [6.45, 7) is 0. The van der Waals surface area contributed by atoms with Crippen LogP contribution in [0.5, 0.6) is 0 Å². The van der Waals surface area contributed by atoms with Crippen LogP contribution in [-0.4, -0.2) is 15.3 Å². The number of non-ortho nitro benzene ring substituents is 1. The van der Waals surface area contributed by atoms with Crippen molar-refractivity contribution in [3.8, 4) is 16.9 Å². The molecule has 0 aliphatic heterocycles. The number of rotatable bonds is 5. The lowest BCUT2D eigenvalue weighted by molar-refractivity contribution is -0.384. The van der Waals surface area contributed by atoms with Crippen molar-refractivity contribution in [3.05, 3.63) is 111 Å². The van der Waals surface area contributed by atoms with Crippen LogP contribution in [-0.2, 0) is 0 Å². The molecule has 0 bridgehead atoms. The molecule has 0 spiro atoms. The SMILES string of the molecule is O=C1CCC(Nc2ccc([N+](=O)[O-])cc2)c2c1cc(-c1ccccc1)n2-c1ccc(Br)cc1. The molecule has 7 heteroatoms. The van der Waals surface area contributed by atoms with E-state index in [-0.39, 0.29) is 17.5 Å². The van der Waals surface area contributed by atoms with Crippen molar-refractivity contribution < 1.29 is 9.72 Å². The standard InChI is InChI=1S/C26H20BrN3O3/c27-18-6-10-20(11-7-18)29-24(17-4-2-1-3-5-17)16-22-25(31)15-14-23(26(22)29)28-19-8-12-21(13-9-19)30(32)33/h1-13,16,23,28H,14-15H2. The van der Waals surface area contributed by atoms with Crippen LogP contribution in [0.1, 0.15) is 34.9 Å². The van der Waals surface area contributed by atoms with Gasteiger partial charge in [0, 0.05) is 40.0 Å². The molecule has 1 heterocycles. The van der Waals surface area contributed by atoms with Crippen molar-refractivity contribution in [1.82, 2.24) is 4.57 Å². The van der Waals surface area contributed by atoms with Crippen molar-refractivity contribution >= 4 is 33.1 Å². The van der Waals surface area contributed by atoms with E-state index in [1.165, 1.54) is 12.1 Å². The smallest absolute Gasteiger partial charge is 0.269 e. The van der Waals surface area contributed by atoms with Gasteiger partial charge >= 0.3 is 0 Å². The molecule has 3 aromatic carbocycles. The summed E-state index contributed by atoms with van der Waals surface area (Å²) in [7, 11) is 0. The Balaban J connectivity index is 1.65. The van der Waals surface area contributed by atoms with Crippen LogP contribution in [0.2, 0.25) is 0 Å². The Kier molecular flexibility index (Phi) is 5.56. The molecular weight excluding hydrogens is 482 g/mol. The molecule has 1 atom stereocenters. The van der Waals surface area contributed by atoms with Gasteiger partial charge in [-0.3, -0.25) is 14.9 Å². The number of carbonyl (C=O) groups is 1. The highest BCUT2D eigenvalue weighted by molar-refractivity contribution is 9.10. The van der Waals surface area contributed by atoms with Crippen LogP contribution in [0.3, 0.4) is 0 Å². The lowest BCUT2D eigenvalue weighted by Crippen LogP contribution is -2.23. The maximum atomic E-state index is 13.0. The molecular formula is C26H20BrN3O3. The first-order chi connectivity index (χ1) is 16.0. The first kappa shape index (κ1) is 21.2. The molecule has 0 fully saturated rings. The quantitative estimate of drug-likeness (QED) is 0.237. The zero-order chi connectivity index (χ0) is 22.9. The molecule has 33 heavy (non-hydrogen) atoms. The minimum absolute atomic E-state index is 0.0460. The van der Waals surface area contributed by atoms with E-state index < -0.39 is 4.92 Å². The van der Waals surface area contributed by atoms with E-state index in [9.17, 15) is 14.9 Å². The molecule has 0 saturated carbocycles. The summed E-state index contributed by atoms with van der Waals surface area (Å²) in [4.78, 5) is 23.6. The number of hydrogen-bond acceptors (Lipinski definition) is 4. The molecule has 5 rings (SSSR count). The van der Waals surface area contributed by atoms with Gasteiger partial charge in [0.2, 0.25) is 0 Å². The predicted molar refractivity (Wildman–Crippen MR) is 132 cm³/mol. The van der Waals surface area contributed by atoms with E-state index in [4.69, 9.17) is 0 Å². The first-order valence-corrected chi connectivity index (χ1v) is 11.4. The van der Waals surface area contributed by atoms with E-state index in [0.29, 0.717) is 18.4 Å². The average molecular weight is 502 g/mol. The number of halogens is 1. The summed E-state index contributed by atoms with van der Waals surface area (Å²) in [6, 6.07) is 26.3. The van der Waals surface area contributed by atoms with Gasteiger partial charge in [0.1, 0.15) is 0 Å². The van der Waals surface area contributed by atoms with Gasteiger partial charge in [-0.1, -0.05) is 46.3 Å². The summed E-state index contributed by atoms with van der Waals surface area (Å²) >= 11 is 3.51. The fourth-order valence-electron chi connectivity index (χ4n) is 4.35. The van der Waals surface area contributed by atoms with Crippen LogP contribution in [0.15, 0.2) is 89.4 Å². The Labute approximate surface area is 199 Å². The number of nitro groups is 1. The van der Waals surface area contributed by atoms with E-state index in [2.05, 4.69) is 25.8 Å². The van der Waals surface area contributed by atoms with E-state index in [0.717, 1.165) is 32.8 Å². The Bertz CT molecular complexity index is 1330. The Morgan fingerprint density at radius 2 is 1.67 bits per heavy atom. The lowest BCUT2D eigenvalue weighted by Gasteiger charge is -2.27. The molecule has 4 aromatic rings. The van der Waals surface area contributed by atoms with Crippen LogP contribution in [0.4, 0.5) is 11.4 Å². The topological polar surface area (TPSA) is 77.2 Å². The molecule has 0 radical (unpaired) electrons. The number of Topliss-reactive ketones (excluding diaryl/α,β-unsaturated/α-hetero) is 1. The number of anilines is 1. The van der Waals surface area contributed by atoms with Crippen molar-refractivity contribution in [3.63, 3.8) is 0 Å². The molecule has 1 aliphatic rings. The summed E-state index contributed by atoms with van der Waals surface area (Å²) in [6.07, 6.45) is 1.08. The number of nitro benzene ring substituents is 1. The fraction of sp³-hybridized carbons (Fsp3) is 0.115. The number of benzene rings is 3. The fourth-order valence-corrected chi connectivity index (χ4v) is 4.61. The Morgan fingerprint density at radius 3 is 2.33 bits per heavy atom. The number of nitrogens with zero attached hydrogens (tertiary/aromatic N) is 2. The first-order valence-electron chi connectivity index (χ1n) is 10.6. The molecule has 1 aromatic heterocycles. The van der Waals surface area contributed by atoms with Crippen molar-refractivity contribution in [2.75, 3.05) is 5.32 Å². The minimum atomic E-state index is -0.411. The highest BCUT2D eigenvalue weighted by atomic mass is 79.9. The molecule has 1 aliphatic carbocycles. The summed E-state index contributed by atoms with van der Waals surface area (Å²) in [5.74, 6) is 0.125. The Morgan fingerprint density at radius 1 is 0.970 bits per heavy atom. The number of hydrogen-bond donors (Lipinski definition) is 1. The second-order valence-corrected chi connectivity index (χ2v) is 8.88. The lowest BCUT2D eigenvalue weighted by atomic mass is 9.91. The summed E-state index contributed by atoms with van der Waals surface area (Å²) in [5, 5.41) is 14.5. The van der Waals surface area contributed by atoms with Gasteiger partial charge in [-0.25, -0.2) is 0 Å². The van der Waals surface area contributed by atoms with Crippen LogP contribution in [0.25, 0.3) is 16.9 Å². The minimum Gasteiger partial charge on any atom is -0.377 e. The largest absolute Gasteiger partial charge is 0.377 e. The molecule has 0 amide bonds. The predicted octanol–water partition coefficient (Wildman–Crippen LogP) is 6.94. The highest BCUT2D eigenvalue weighted by Crippen LogP contribution is 2.40. The average Bonchev–Trinajstić information content (AvgIpc) is 3.24. The normalized spacial score (nSPS) is 15.2. The van der Waals surface area contributed by atoms with Gasteiger partial charge in [0.25, 0.3) is 5.69 Å². The maximum Gasteiger partial charge on any atom is 0.269 e. The van der Waals surface area contributed by atoms with Crippen molar-refractivity contribution in [2.45, 2.75) is 18.9 Å². The monoisotopic (exact) mass is 501 g/mol. The third-order valence-electron chi connectivity index (χ3n) is 5.90. The van der Waals surface area contributed by atoms with E-state index in [1.54, 1.807) is 12.1 Å². The van der Waals surface area contributed by atoms with Gasteiger partial charge in [0.05, 0.1) is 22.4 Å². The van der Waals surface area contributed by atoms with Gasteiger partial charge in [-0.05, 0) is 54.4 Å². The van der Waals surface area contributed by atoms with Gasteiger partial charge in [0.15, 0.2) is 5.78 Å². The number of aromatic nitrogens is 1. The zero-order valence-electron chi connectivity index (χ0n) is 17.6. The van der Waals surface area contributed by atoms with Crippen molar-refractivity contribution in [2.24, 2.45) is 0 Å². The van der Waals surface area contributed by atoms with Crippen molar-refractivity contribution in [1.29, 1.82) is 0 Å². The second kappa shape index (κ2) is 8.67. The molecule has 1 unspecified atom stereocenters. The Hall–Kier alpha value is -3.71. The molecule has 0 saturated heterocycles. The van der Waals surface area contributed by atoms with Gasteiger partial charge in [-0.15, -0.1) is 0 Å². The summed E-state index contributed by atoms with van der Waals surface area (Å²) < 4.78 is 3.13. The van der Waals surface area contributed by atoms with E-state index >= 15 is 0 Å². The molecule has 1 N–H and O–H groups in total. The van der Waals surface area contributed by atoms with Gasteiger partial charge in [-0.2, -0.15) is 0 Å². The van der Waals surface area contributed by atoms with Crippen LogP contribution in [0, 0.1) is 10.1 Å². The van der Waals surface area contributed by atoms with Crippen LogP contribution < -0.4 is 5.32 Å². The highest BCUT2D eigenvalue weighted by Gasteiger charge is 2.32. The van der Waals surface area contributed by atoms with Gasteiger partial charge < -0.3 is 9.88 Å². The van der Waals surface area contributed by atoms with E-state index in [1.807, 2.05) is 60.7 Å². The number of carbonyl (C=O) groups excluding carboxylic acids is 1. The third-order valence-corrected chi connectivity index (χ3v) is 6.43. The number of ketones is 1. The zero-order valence-corrected chi connectivity index (χ0v) is 19.2. The summed E-state index contributed by atoms with van der Waals surface area (Å²) in [5.41, 5.74) is 5.38. The third kappa shape index (κ3) is 4.07. The molecule has 6 nitrogen and oxygen atoms in total. The number of nitrogens with one attached hydrogen (secondary N) is 1.